The zero-order valence-corrected chi connectivity index (χ0v) is 9.84. The van der Waals surface area contributed by atoms with Crippen LogP contribution in [0.3, 0.4) is 0 Å². The largest absolute Gasteiger partial charge is 0.0885 e. The van der Waals surface area contributed by atoms with Crippen LogP contribution in [0.25, 0.3) is 0 Å². The first-order chi connectivity index (χ1) is 6.91. The first-order valence-corrected chi connectivity index (χ1v) is 6.05. The summed E-state index contributed by atoms with van der Waals surface area (Å²) in [5, 5.41) is 0. The molecule has 0 aliphatic rings. The second-order valence-electron chi connectivity index (χ2n) is 3.66. The van der Waals surface area contributed by atoms with E-state index < -0.39 is 0 Å². The van der Waals surface area contributed by atoms with Gasteiger partial charge < -0.3 is 0 Å². The fourth-order valence-corrected chi connectivity index (χ4v) is 1.24. The van der Waals surface area contributed by atoms with Crippen LogP contribution >= 0.6 is 0 Å². The predicted molar refractivity (Wildman–Crippen MR) is 66.2 cm³/mol. The molecule has 0 heterocycles. The first kappa shape index (κ1) is 13.5. The molecule has 0 N–H and O–H groups in total. The number of allylic oxidation sites excluding steroid dienone is 4. The van der Waals surface area contributed by atoms with Gasteiger partial charge in [-0.05, 0) is 32.1 Å². The Kier molecular flexibility index (Phi) is 12.0. The molecular weight excluding hydrogens is 168 g/mol. The van der Waals surface area contributed by atoms with Gasteiger partial charge in [-0.3, -0.25) is 0 Å². The number of unbranched alkanes of at least 4 members (excludes halogenated alkanes) is 5. The Balaban J connectivity index is 3.10. The van der Waals surface area contributed by atoms with Gasteiger partial charge in [0.15, 0.2) is 0 Å². The van der Waals surface area contributed by atoms with Gasteiger partial charge >= 0.3 is 0 Å². The van der Waals surface area contributed by atoms with Gasteiger partial charge in [0.1, 0.15) is 0 Å². The molecule has 0 heteroatoms. The second kappa shape index (κ2) is 12.5. The summed E-state index contributed by atoms with van der Waals surface area (Å²) >= 11 is 0. The van der Waals surface area contributed by atoms with Crippen LogP contribution in [0.5, 0.6) is 0 Å². The molecule has 0 saturated heterocycles. The Bertz CT molecular complexity index is 142. The highest BCUT2D eigenvalue weighted by Gasteiger charge is 1.81. The van der Waals surface area contributed by atoms with E-state index in [1.54, 1.807) is 0 Å². The highest BCUT2D eigenvalue weighted by molar-refractivity contribution is 4.99. The minimum atomic E-state index is 1.09. The summed E-state index contributed by atoms with van der Waals surface area (Å²) in [5.74, 6) is 0. The lowest BCUT2D eigenvalue weighted by molar-refractivity contribution is 0.728. The fraction of sp³-hybridized carbons (Fsp3) is 0.643. The number of rotatable bonds is 9. The summed E-state index contributed by atoms with van der Waals surface area (Å²) in [5.41, 5.74) is 0. The molecule has 0 fully saturated rings. The Morgan fingerprint density at radius 3 is 2.36 bits per heavy atom. The summed E-state index contributed by atoms with van der Waals surface area (Å²) in [6.45, 7) is 4.45. The first-order valence-electron chi connectivity index (χ1n) is 6.05. The molecule has 0 nitrogen and oxygen atoms in total. The SMILES string of the molecule is CCCC=C[CH]CC=CCCCCC. The molecule has 0 atom stereocenters. The minimum Gasteiger partial charge on any atom is -0.0885 e. The van der Waals surface area contributed by atoms with Crippen LogP contribution < -0.4 is 0 Å². The third-order valence-electron chi connectivity index (χ3n) is 2.14. The van der Waals surface area contributed by atoms with Gasteiger partial charge in [0, 0.05) is 0 Å². The molecule has 14 heavy (non-hydrogen) atoms. The van der Waals surface area contributed by atoms with Gasteiger partial charge in [0.05, 0.1) is 0 Å². The van der Waals surface area contributed by atoms with Crippen molar-refractivity contribution in [2.24, 2.45) is 0 Å². The van der Waals surface area contributed by atoms with Crippen molar-refractivity contribution in [1.82, 2.24) is 0 Å². The van der Waals surface area contributed by atoms with Gasteiger partial charge in [-0.1, -0.05) is 57.4 Å². The van der Waals surface area contributed by atoms with Crippen molar-refractivity contribution in [1.29, 1.82) is 0 Å². The van der Waals surface area contributed by atoms with Crippen molar-refractivity contribution >= 4 is 0 Å². The van der Waals surface area contributed by atoms with Crippen molar-refractivity contribution in [3.63, 3.8) is 0 Å². The molecule has 81 valence electrons. The van der Waals surface area contributed by atoms with Crippen LogP contribution in [0.1, 0.15) is 58.8 Å². The maximum absolute atomic E-state index is 2.31. The van der Waals surface area contributed by atoms with Crippen LogP contribution in [-0.4, -0.2) is 0 Å². The Labute approximate surface area is 90.1 Å². The molecule has 0 unspecified atom stereocenters. The summed E-state index contributed by atoms with van der Waals surface area (Å²) in [6, 6.07) is 0. The predicted octanol–water partition coefficient (Wildman–Crippen LogP) is 5.07. The molecule has 0 bridgehead atoms. The summed E-state index contributed by atoms with van der Waals surface area (Å²) < 4.78 is 0. The minimum absolute atomic E-state index is 1.09. The van der Waals surface area contributed by atoms with Gasteiger partial charge in [-0.2, -0.15) is 0 Å². The van der Waals surface area contributed by atoms with E-state index in [1.807, 2.05) is 0 Å². The average Bonchev–Trinajstić information content (AvgIpc) is 2.21. The zero-order valence-electron chi connectivity index (χ0n) is 9.84. The van der Waals surface area contributed by atoms with E-state index in [9.17, 15) is 0 Å². The maximum Gasteiger partial charge on any atom is -0.0133 e. The van der Waals surface area contributed by atoms with E-state index in [-0.39, 0.29) is 0 Å². The molecule has 0 aromatic carbocycles. The molecule has 0 spiro atoms. The van der Waals surface area contributed by atoms with Crippen molar-refractivity contribution in [2.45, 2.75) is 58.8 Å². The normalized spacial score (nSPS) is 11.9. The van der Waals surface area contributed by atoms with E-state index in [0.717, 1.165) is 6.42 Å². The number of hydrogen-bond donors (Lipinski definition) is 0. The highest BCUT2D eigenvalue weighted by Crippen LogP contribution is 2.01. The van der Waals surface area contributed by atoms with Crippen LogP contribution in [0, 0.1) is 6.42 Å². The number of hydrogen-bond acceptors (Lipinski definition) is 0. The molecule has 0 amide bonds. The van der Waals surface area contributed by atoms with E-state index in [2.05, 4.69) is 44.6 Å². The van der Waals surface area contributed by atoms with Gasteiger partial charge in [0.25, 0.3) is 0 Å². The van der Waals surface area contributed by atoms with Crippen molar-refractivity contribution in [3.05, 3.63) is 30.7 Å². The van der Waals surface area contributed by atoms with Crippen molar-refractivity contribution in [3.8, 4) is 0 Å². The third-order valence-corrected chi connectivity index (χ3v) is 2.14. The zero-order chi connectivity index (χ0) is 10.5. The van der Waals surface area contributed by atoms with Crippen LogP contribution in [0.2, 0.25) is 0 Å². The van der Waals surface area contributed by atoms with E-state index >= 15 is 0 Å². The molecule has 0 saturated carbocycles. The summed E-state index contributed by atoms with van der Waals surface area (Å²) in [7, 11) is 0. The smallest absolute Gasteiger partial charge is 0.0133 e. The lowest BCUT2D eigenvalue weighted by Crippen LogP contribution is -1.72. The van der Waals surface area contributed by atoms with E-state index in [1.165, 1.54) is 38.5 Å². The molecule has 0 aliphatic heterocycles. The monoisotopic (exact) mass is 193 g/mol. The average molecular weight is 193 g/mol. The van der Waals surface area contributed by atoms with Crippen LogP contribution in [0.4, 0.5) is 0 Å². The van der Waals surface area contributed by atoms with Gasteiger partial charge in [-0.25, -0.2) is 0 Å². The summed E-state index contributed by atoms with van der Waals surface area (Å²) in [6.07, 6.45) is 20.0. The topological polar surface area (TPSA) is 0 Å². The second-order valence-corrected chi connectivity index (χ2v) is 3.66. The lowest BCUT2D eigenvalue weighted by atomic mass is 10.2. The van der Waals surface area contributed by atoms with Gasteiger partial charge in [-0.15, -0.1) is 0 Å². The standard InChI is InChI=1S/C14H25/c1-3-5-7-9-11-13-14-12-10-8-6-4-2/h7,9,11-12,14H,3-6,8,10,13H2,1-2H3. The third kappa shape index (κ3) is 11.5. The van der Waals surface area contributed by atoms with Crippen molar-refractivity contribution in [2.75, 3.05) is 0 Å². The van der Waals surface area contributed by atoms with E-state index in [0.29, 0.717) is 0 Å². The molecule has 0 aliphatic carbocycles. The summed E-state index contributed by atoms with van der Waals surface area (Å²) in [4.78, 5) is 0. The molecule has 0 rings (SSSR count). The Hall–Kier alpha value is -0.520. The highest BCUT2D eigenvalue weighted by atomic mass is 13.9. The Morgan fingerprint density at radius 1 is 0.786 bits per heavy atom. The van der Waals surface area contributed by atoms with Crippen LogP contribution in [-0.2, 0) is 0 Å². The van der Waals surface area contributed by atoms with Gasteiger partial charge in [0.2, 0.25) is 0 Å². The Morgan fingerprint density at radius 2 is 1.64 bits per heavy atom. The lowest BCUT2D eigenvalue weighted by Gasteiger charge is -1.91. The quantitative estimate of drug-likeness (QED) is 0.354. The van der Waals surface area contributed by atoms with Crippen LogP contribution in [0.15, 0.2) is 24.3 Å². The molecule has 0 aromatic heterocycles. The fourth-order valence-electron chi connectivity index (χ4n) is 1.24. The molecular formula is C14H25. The van der Waals surface area contributed by atoms with Crippen molar-refractivity contribution < 1.29 is 0 Å². The van der Waals surface area contributed by atoms with E-state index in [4.69, 9.17) is 0 Å². The maximum atomic E-state index is 2.31. The molecule has 1 radical (unpaired) electrons. The molecule has 0 aromatic rings.